The van der Waals surface area contributed by atoms with E-state index in [1.165, 1.54) is 5.56 Å². The number of hydrogen-bond acceptors (Lipinski definition) is 14. The van der Waals surface area contributed by atoms with Crippen molar-refractivity contribution in [3.05, 3.63) is 113 Å². The van der Waals surface area contributed by atoms with E-state index >= 15 is 0 Å². The molecule has 2 aromatic carbocycles. The lowest BCUT2D eigenvalue weighted by Gasteiger charge is -2.42. The van der Waals surface area contributed by atoms with Crippen molar-refractivity contribution in [1.82, 2.24) is 49.3 Å². The van der Waals surface area contributed by atoms with Gasteiger partial charge in [0.2, 0.25) is 23.0 Å². The highest BCUT2D eigenvalue weighted by Gasteiger charge is 2.37. The number of nitrogens with one attached hydrogen (secondary N) is 1. The topological polar surface area (TPSA) is 214 Å². The van der Waals surface area contributed by atoms with E-state index in [-0.39, 0.29) is 52.2 Å². The molecule has 0 unspecified atom stereocenters. The number of aryl methyl sites for hydroxylation is 4. The second kappa shape index (κ2) is 26.7. The minimum Gasteiger partial charge on any atom is -0.415 e. The Labute approximate surface area is 467 Å². The summed E-state index contributed by atoms with van der Waals surface area (Å²) in [5.74, 6) is 0.840. The number of anilines is 3. The molecule has 0 saturated carbocycles. The van der Waals surface area contributed by atoms with Gasteiger partial charge in [-0.1, -0.05) is 45.0 Å². The predicted octanol–water partition coefficient (Wildman–Crippen LogP) is 9.89. The molecule has 0 bridgehead atoms. The maximum Gasteiger partial charge on any atom is 0.227 e. The quantitative estimate of drug-likeness (QED) is 0.0540. The molecule has 0 atom stereocenters. The molecule has 0 radical (unpaired) electrons. The molecule has 4 aromatic heterocycles. The summed E-state index contributed by atoms with van der Waals surface area (Å²) in [4.78, 5) is 45.8. The summed E-state index contributed by atoms with van der Waals surface area (Å²) >= 11 is 5.87. The monoisotopic (exact) mass is 1110 g/mol. The number of nitrogens with two attached hydrogens (primary N) is 1. The van der Waals surface area contributed by atoms with E-state index in [1.807, 2.05) is 86.5 Å². The molecule has 78 heavy (non-hydrogen) atoms. The molecule has 20 heteroatoms. The number of rotatable bonds is 18. The Kier molecular flexibility index (Phi) is 20.9. The fourth-order valence-electron chi connectivity index (χ4n) is 8.47. The molecule has 4 N–H and O–H groups in total. The fourth-order valence-corrected chi connectivity index (χ4v) is 9.66. The smallest absolute Gasteiger partial charge is 0.227 e. The van der Waals surface area contributed by atoms with Crippen molar-refractivity contribution in [1.29, 1.82) is 0 Å². The average molecular weight is 1110 g/mol. The molecular weight excluding hydrogens is 1020 g/mol. The molecule has 2 aliphatic rings. The number of aliphatic hydroxyl groups excluding tert-OH is 1. The molecule has 8 rings (SSSR count). The van der Waals surface area contributed by atoms with E-state index in [1.54, 1.807) is 35.7 Å². The number of nitrogens with zero attached hydrogens (tertiary/aromatic N) is 10. The van der Waals surface area contributed by atoms with Crippen LogP contribution in [-0.4, -0.2) is 137 Å². The first-order valence-corrected chi connectivity index (χ1v) is 30.2. The highest BCUT2D eigenvalue weighted by atomic mass is 35.5. The van der Waals surface area contributed by atoms with Crippen molar-refractivity contribution in [2.75, 3.05) is 50.4 Å². The van der Waals surface area contributed by atoms with Gasteiger partial charge in [-0.2, -0.15) is 10.2 Å². The molecule has 0 aliphatic carbocycles. The van der Waals surface area contributed by atoms with Crippen molar-refractivity contribution in [2.24, 2.45) is 0 Å². The first kappa shape index (κ1) is 61.1. The lowest BCUT2D eigenvalue weighted by molar-refractivity contribution is -0.157. The maximum absolute atomic E-state index is 12.6. The van der Waals surface area contributed by atoms with Crippen LogP contribution in [0, 0.1) is 13.8 Å². The van der Waals surface area contributed by atoms with Gasteiger partial charge in [-0.3, -0.25) is 19.0 Å². The van der Waals surface area contributed by atoms with Gasteiger partial charge in [-0.15, -0.1) is 0 Å². The van der Waals surface area contributed by atoms with Gasteiger partial charge in [0.25, 0.3) is 0 Å². The van der Waals surface area contributed by atoms with Crippen LogP contribution in [0.15, 0.2) is 85.7 Å². The first-order valence-electron chi connectivity index (χ1n) is 26.9. The van der Waals surface area contributed by atoms with Gasteiger partial charge in [0.1, 0.15) is 0 Å². The third-order valence-electron chi connectivity index (χ3n) is 13.7. The van der Waals surface area contributed by atoms with Crippen LogP contribution in [0.25, 0.3) is 22.5 Å². The van der Waals surface area contributed by atoms with Crippen LogP contribution in [-0.2, 0) is 49.4 Å². The second-order valence-electron chi connectivity index (χ2n) is 23.5. The maximum atomic E-state index is 12.6. The molecule has 422 valence electrons. The highest BCUT2D eigenvalue weighted by molar-refractivity contribution is 6.74. The Bertz CT molecular complexity index is 2910. The zero-order valence-electron chi connectivity index (χ0n) is 48.1. The molecule has 2 aliphatic heterocycles. The molecular formula is C58H83ClN12O6Si. The zero-order valence-corrected chi connectivity index (χ0v) is 49.9. The van der Waals surface area contributed by atoms with Crippen LogP contribution in [0.3, 0.4) is 0 Å². The molecule has 18 nitrogen and oxygen atoms in total. The fraction of sp³-hybridized carbons (Fsp3) is 0.517. The largest absolute Gasteiger partial charge is 0.415 e. The van der Waals surface area contributed by atoms with E-state index in [0.717, 1.165) is 57.9 Å². The third kappa shape index (κ3) is 18.8. The summed E-state index contributed by atoms with van der Waals surface area (Å²) in [6, 6.07) is 16.1. The van der Waals surface area contributed by atoms with E-state index < -0.39 is 8.32 Å². The Morgan fingerprint density at radius 3 is 1.68 bits per heavy atom. The Balaban J connectivity index is 0.000000203. The van der Waals surface area contributed by atoms with Gasteiger partial charge in [-0.25, -0.2) is 19.9 Å². The van der Waals surface area contributed by atoms with Gasteiger partial charge in [0.05, 0.1) is 84.9 Å². The van der Waals surface area contributed by atoms with Crippen molar-refractivity contribution < 1.29 is 28.6 Å². The number of likely N-dealkylation sites (tertiary alicyclic amines) is 2. The normalized spacial score (nSPS) is 14.2. The predicted molar refractivity (Wildman–Crippen MR) is 311 cm³/mol. The minimum atomic E-state index is -1.62. The van der Waals surface area contributed by atoms with Gasteiger partial charge in [0, 0.05) is 74.9 Å². The van der Waals surface area contributed by atoms with E-state index in [4.69, 9.17) is 36.3 Å². The molecule has 2 amide bonds. The highest BCUT2D eigenvalue weighted by Crippen LogP contribution is 2.36. The lowest BCUT2D eigenvalue weighted by atomic mass is 9.99. The molecule has 6 heterocycles. The summed E-state index contributed by atoms with van der Waals surface area (Å²) in [5.41, 5.74) is 14.9. The number of benzene rings is 2. The number of aromatic nitrogens is 8. The standard InChI is InChI=1S/C26H34N6O3.C21H26ClN3O2.C11H23N3OSi/c1-18-13-20(23-9-10-27-25(30-23)29-21-14-28-32(15-21)11-12-33)6-5-19(18)7-8-24(34)31-16-22(17-31)35-26(2,3)4;1-14-11-16(18-9-10-23-20(22)24-18)6-5-15(14)7-8-19(26)25-12-17(13-25)27-21(2,3)4;1-11(2,3)16(4,5)15-7-6-14-9-10(12)8-13-14/h5-6,9-10,13-15,22,33H,7-8,11-12,16-17H2,1-4H3,(H,27,29,30);5-6,9-11,17H,7-8,12-13H2,1-4H3;8-9H,6-7,12H2,1-5H3. The summed E-state index contributed by atoms with van der Waals surface area (Å²) in [5, 5.41) is 21.0. The van der Waals surface area contributed by atoms with Crippen molar-refractivity contribution in [3.63, 3.8) is 0 Å². The summed E-state index contributed by atoms with van der Waals surface area (Å²) < 4.78 is 21.3. The van der Waals surface area contributed by atoms with Crippen molar-refractivity contribution in [3.8, 4) is 22.5 Å². The van der Waals surface area contributed by atoms with Crippen molar-refractivity contribution >= 4 is 49.1 Å². The number of carbonyl (C=O) groups excluding carboxylic acids is 2. The van der Waals surface area contributed by atoms with Gasteiger partial charge >= 0.3 is 0 Å². The first-order chi connectivity index (χ1) is 36.6. The van der Waals surface area contributed by atoms with E-state index in [9.17, 15) is 9.59 Å². The Hall–Kier alpha value is -6.09. The van der Waals surface area contributed by atoms with Crippen molar-refractivity contribution in [2.45, 2.75) is 156 Å². The number of hydrogen-bond donors (Lipinski definition) is 3. The third-order valence-corrected chi connectivity index (χ3v) is 18.4. The number of ether oxygens (including phenoxy) is 2. The molecule has 2 saturated heterocycles. The number of carbonyl (C=O) groups is 2. The number of amides is 2. The minimum absolute atomic E-state index is 0.0295. The Morgan fingerprint density at radius 1 is 0.718 bits per heavy atom. The molecule has 0 spiro atoms. The summed E-state index contributed by atoms with van der Waals surface area (Å²) in [6.07, 6.45) is 13.1. The molecule has 2 fully saturated rings. The summed E-state index contributed by atoms with van der Waals surface area (Å²) in [7, 11) is -1.62. The molecule has 6 aromatic rings. The van der Waals surface area contributed by atoms with Crippen LogP contribution in [0.2, 0.25) is 23.4 Å². The van der Waals surface area contributed by atoms with Crippen LogP contribution in [0.1, 0.15) is 97.4 Å². The summed E-state index contributed by atoms with van der Waals surface area (Å²) in [6.45, 7) is 32.3. The van der Waals surface area contributed by atoms with Crippen LogP contribution >= 0.6 is 11.6 Å². The number of aliphatic hydroxyl groups is 1. The second-order valence-corrected chi connectivity index (χ2v) is 28.7. The van der Waals surface area contributed by atoms with E-state index in [2.05, 4.69) is 107 Å². The number of nitrogen functional groups attached to an aromatic ring is 1. The van der Waals surface area contributed by atoms with Crippen LogP contribution in [0.5, 0.6) is 0 Å². The average Bonchev–Trinajstić information content (AvgIpc) is 3.97. The van der Waals surface area contributed by atoms with Gasteiger partial charge in [-0.05, 0) is 144 Å². The lowest BCUT2D eigenvalue weighted by Crippen LogP contribution is -2.56. The number of halogens is 1. The Morgan fingerprint density at radius 2 is 1.22 bits per heavy atom. The van der Waals surface area contributed by atoms with E-state index in [0.29, 0.717) is 70.2 Å². The van der Waals surface area contributed by atoms with Crippen LogP contribution < -0.4 is 11.1 Å². The van der Waals surface area contributed by atoms with Gasteiger partial charge in [0.15, 0.2) is 8.32 Å². The van der Waals surface area contributed by atoms with Gasteiger partial charge < -0.3 is 39.9 Å². The van der Waals surface area contributed by atoms with Crippen LogP contribution in [0.4, 0.5) is 17.3 Å². The zero-order chi connectivity index (χ0) is 57.0. The SMILES string of the molecule is CC(C)(C)[Si](C)(C)OCCn1cc(N)cn1.Cc1cc(-c2ccnc(Cl)n2)ccc1CCC(=O)N1CC(OC(C)(C)C)C1.Cc1cc(-c2ccnc(Nc3cnn(CCO)c3)n2)ccc1CCC(=O)N1CC(OC(C)(C)C)C1.